The molecule has 3 heterocycles. The minimum Gasteiger partial charge on any atom is -0.271 e. The first kappa shape index (κ1) is 21.9. The second kappa shape index (κ2) is 9.91. The molecule has 11 heteroatoms. The van der Waals surface area contributed by atoms with Crippen LogP contribution in [0.15, 0.2) is 72.1 Å². The van der Waals surface area contributed by atoms with Crippen LogP contribution in [0.3, 0.4) is 0 Å². The van der Waals surface area contributed by atoms with Gasteiger partial charge in [-0.3, -0.25) is 20.4 Å². The summed E-state index contributed by atoms with van der Waals surface area (Å²) in [6.45, 7) is 0.421. The number of hydrogen-bond donors (Lipinski definition) is 4. The number of carbonyl (C=O) groups is 2. The highest BCUT2D eigenvalue weighted by molar-refractivity contribution is 7.10. The van der Waals surface area contributed by atoms with Gasteiger partial charge in [0.2, 0.25) is 5.82 Å². The van der Waals surface area contributed by atoms with Crippen LogP contribution < -0.4 is 21.7 Å². The highest BCUT2D eigenvalue weighted by Crippen LogP contribution is 2.25. The lowest BCUT2D eigenvalue weighted by Gasteiger charge is -2.11. The first-order chi connectivity index (χ1) is 16.7. The number of amides is 2. The lowest BCUT2D eigenvalue weighted by molar-refractivity contribution is -0.123. The first-order valence-electron chi connectivity index (χ1n) is 10.7. The van der Waals surface area contributed by atoms with Gasteiger partial charge < -0.3 is 0 Å². The van der Waals surface area contributed by atoms with E-state index in [1.807, 2.05) is 60.0 Å². The molecule has 1 aliphatic heterocycles. The van der Waals surface area contributed by atoms with Crippen molar-refractivity contribution in [3.8, 4) is 11.4 Å². The fraction of sp³-hybridized carbons (Fsp3) is 0.174. The lowest BCUT2D eigenvalue weighted by atomic mass is 10.1. The number of benzene rings is 2. The van der Waals surface area contributed by atoms with Gasteiger partial charge in [-0.15, -0.1) is 21.5 Å². The zero-order chi connectivity index (χ0) is 23.3. The Labute approximate surface area is 199 Å². The number of thiophene rings is 1. The molecule has 2 unspecified atom stereocenters. The van der Waals surface area contributed by atoms with Crippen molar-refractivity contribution in [2.24, 2.45) is 0 Å². The molecule has 0 radical (unpaired) electrons. The quantitative estimate of drug-likeness (QED) is 0.314. The van der Waals surface area contributed by atoms with Crippen molar-refractivity contribution in [3.63, 3.8) is 0 Å². The second-order valence-corrected chi connectivity index (χ2v) is 8.77. The van der Waals surface area contributed by atoms with Crippen LogP contribution >= 0.6 is 11.3 Å². The van der Waals surface area contributed by atoms with Crippen molar-refractivity contribution in [2.45, 2.75) is 25.0 Å². The van der Waals surface area contributed by atoms with Gasteiger partial charge in [-0.1, -0.05) is 48.5 Å². The Morgan fingerprint density at radius 2 is 1.82 bits per heavy atom. The van der Waals surface area contributed by atoms with Gasteiger partial charge in [0.15, 0.2) is 0 Å². The highest BCUT2D eigenvalue weighted by atomic mass is 32.1. The molecule has 0 aliphatic carbocycles. The number of nitrogens with one attached hydrogen (secondary N) is 4. The molecular formula is C23H22N8O2S. The topological polar surface area (TPSA) is 126 Å². The molecule has 0 spiro atoms. The van der Waals surface area contributed by atoms with Gasteiger partial charge in [0.1, 0.15) is 6.04 Å². The summed E-state index contributed by atoms with van der Waals surface area (Å²) in [5.41, 5.74) is 13.3. The average molecular weight is 475 g/mol. The van der Waals surface area contributed by atoms with Crippen LogP contribution in [0.5, 0.6) is 0 Å². The SMILES string of the molecule is O=C(NNC(=O)C1CC(c2cccs2)NN1)c1ccc(Cn2nnc(-c3ccccc3)n2)cc1. The number of hydrogen-bond acceptors (Lipinski definition) is 8. The maximum atomic E-state index is 12.4. The number of rotatable bonds is 6. The van der Waals surface area contributed by atoms with Gasteiger partial charge in [0, 0.05) is 16.0 Å². The molecule has 1 saturated heterocycles. The minimum atomic E-state index is -0.439. The molecule has 5 rings (SSSR count). The van der Waals surface area contributed by atoms with E-state index in [9.17, 15) is 9.59 Å². The summed E-state index contributed by atoms with van der Waals surface area (Å²) in [6.07, 6.45) is 0.596. The second-order valence-electron chi connectivity index (χ2n) is 7.79. The van der Waals surface area contributed by atoms with Gasteiger partial charge in [-0.25, -0.2) is 10.9 Å². The zero-order valence-electron chi connectivity index (χ0n) is 18.0. The fourth-order valence-corrected chi connectivity index (χ4v) is 4.41. The molecule has 4 aromatic rings. The molecule has 172 valence electrons. The fourth-order valence-electron chi connectivity index (χ4n) is 3.62. The predicted octanol–water partition coefficient (Wildman–Crippen LogP) is 1.82. The van der Waals surface area contributed by atoms with Crippen LogP contribution in [0.4, 0.5) is 0 Å². The van der Waals surface area contributed by atoms with Gasteiger partial charge in [0.05, 0.1) is 12.6 Å². The van der Waals surface area contributed by atoms with Crippen LogP contribution in [0, 0.1) is 0 Å². The molecular weight excluding hydrogens is 452 g/mol. The highest BCUT2D eigenvalue weighted by Gasteiger charge is 2.30. The van der Waals surface area contributed by atoms with Gasteiger partial charge >= 0.3 is 0 Å². The standard InChI is InChI=1S/C23H22N8O2S/c32-22(27-28-23(33)19-13-18(24-25-19)20-7-4-12-34-20)17-10-8-15(9-11-17)14-31-29-21(26-30-31)16-5-2-1-3-6-16/h1-12,18-19,24-25H,13-14H2,(H,27,32)(H,28,33). The molecule has 34 heavy (non-hydrogen) atoms. The average Bonchev–Trinajstić information content (AvgIpc) is 3.65. The molecule has 2 amide bonds. The molecule has 2 atom stereocenters. The molecule has 0 bridgehead atoms. The van der Waals surface area contributed by atoms with Crippen LogP contribution in [-0.4, -0.2) is 38.1 Å². The molecule has 10 nitrogen and oxygen atoms in total. The van der Waals surface area contributed by atoms with Gasteiger partial charge in [-0.05, 0) is 40.8 Å². The normalized spacial score (nSPS) is 17.4. The van der Waals surface area contributed by atoms with Crippen LogP contribution in [0.25, 0.3) is 11.4 Å². The third kappa shape index (κ3) is 5.01. The van der Waals surface area contributed by atoms with Crippen LogP contribution in [-0.2, 0) is 11.3 Å². The van der Waals surface area contributed by atoms with Gasteiger partial charge in [0.25, 0.3) is 11.8 Å². The number of carbonyl (C=O) groups excluding carboxylic acids is 2. The molecule has 4 N–H and O–H groups in total. The van der Waals surface area contributed by atoms with E-state index in [4.69, 9.17) is 0 Å². The maximum Gasteiger partial charge on any atom is 0.269 e. The van der Waals surface area contributed by atoms with Crippen molar-refractivity contribution < 1.29 is 9.59 Å². The molecule has 1 aliphatic rings. The Kier molecular flexibility index (Phi) is 6.38. The van der Waals surface area contributed by atoms with Crippen LogP contribution in [0.1, 0.15) is 33.3 Å². The largest absolute Gasteiger partial charge is 0.271 e. The van der Waals surface area contributed by atoms with E-state index in [0.717, 1.165) is 16.0 Å². The number of nitrogens with zero attached hydrogens (tertiary/aromatic N) is 4. The zero-order valence-corrected chi connectivity index (χ0v) is 18.8. The van der Waals surface area contributed by atoms with E-state index in [1.165, 1.54) is 4.80 Å². The number of aromatic nitrogens is 4. The Bertz CT molecular complexity index is 1260. The lowest BCUT2D eigenvalue weighted by Crippen LogP contribution is -2.50. The van der Waals surface area contributed by atoms with Crippen molar-refractivity contribution in [3.05, 3.63) is 88.1 Å². The van der Waals surface area contributed by atoms with Crippen molar-refractivity contribution in [2.75, 3.05) is 0 Å². The summed E-state index contributed by atoms with van der Waals surface area (Å²) in [7, 11) is 0. The van der Waals surface area contributed by atoms with Crippen molar-refractivity contribution in [1.29, 1.82) is 0 Å². The molecule has 2 aromatic heterocycles. The van der Waals surface area contributed by atoms with E-state index < -0.39 is 11.9 Å². The third-order valence-electron chi connectivity index (χ3n) is 5.43. The third-order valence-corrected chi connectivity index (χ3v) is 6.42. The van der Waals surface area contributed by atoms with E-state index in [1.54, 1.807) is 23.5 Å². The Balaban J connectivity index is 1.12. The summed E-state index contributed by atoms with van der Waals surface area (Å²) in [5.74, 6) is -0.144. The summed E-state index contributed by atoms with van der Waals surface area (Å²) in [4.78, 5) is 27.5. The Hall–Kier alpha value is -3.93. The number of hydrazine groups is 2. The summed E-state index contributed by atoms with van der Waals surface area (Å²) in [5, 5.41) is 14.6. The van der Waals surface area contributed by atoms with E-state index >= 15 is 0 Å². The first-order valence-corrected chi connectivity index (χ1v) is 11.6. The van der Waals surface area contributed by atoms with Gasteiger partial charge in [-0.2, -0.15) is 4.80 Å². The Morgan fingerprint density at radius 3 is 2.59 bits per heavy atom. The molecule has 0 saturated carbocycles. The molecule has 1 fully saturated rings. The van der Waals surface area contributed by atoms with E-state index in [2.05, 4.69) is 37.1 Å². The van der Waals surface area contributed by atoms with Crippen molar-refractivity contribution >= 4 is 23.2 Å². The molecule has 2 aromatic carbocycles. The smallest absolute Gasteiger partial charge is 0.269 e. The summed E-state index contributed by atoms with van der Waals surface area (Å²) >= 11 is 1.63. The van der Waals surface area contributed by atoms with E-state index in [0.29, 0.717) is 24.4 Å². The minimum absolute atomic E-state index is 0.0715. The summed E-state index contributed by atoms with van der Waals surface area (Å²) in [6, 6.07) is 20.3. The monoisotopic (exact) mass is 474 g/mol. The predicted molar refractivity (Wildman–Crippen MR) is 126 cm³/mol. The van der Waals surface area contributed by atoms with Crippen LogP contribution in [0.2, 0.25) is 0 Å². The Morgan fingerprint density at radius 1 is 1.00 bits per heavy atom. The summed E-state index contributed by atoms with van der Waals surface area (Å²) < 4.78 is 0. The van der Waals surface area contributed by atoms with Crippen molar-refractivity contribution in [1.82, 2.24) is 41.9 Å². The maximum absolute atomic E-state index is 12.4. The van der Waals surface area contributed by atoms with E-state index in [-0.39, 0.29) is 11.9 Å². The number of tetrazole rings is 1.